The molecule has 2 aliphatic heterocycles. The molecule has 2 saturated heterocycles. The fraction of sp³-hybridized carbons (Fsp3) is 0.536. The zero-order valence-corrected chi connectivity index (χ0v) is 19.2. The van der Waals surface area contributed by atoms with Crippen molar-refractivity contribution in [1.82, 2.24) is 15.1 Å². The average Bonchev–Trinajstić information content (AvgIpc) is 3.55. The lowest BCUT2D eigenvalue weighted by molar-refractivity contribution is -0.125. The van der Waals surface area contributed by atoms with Crippen LogP contribution in [0.15, 0.2) is 60.7 Å². The molecule has 170 valence electrons. The van der Waals surface area contributed by atoms with Gasteiger partial charge < -0.3 is 10.2 Å². The van der Waals surface area contributed by atoms with Crippen molar-refractivity contribution in [3.63, 3.8) is 0 Å². The van der Waals surface area contributed by atoms with Crippen molar-refractivity contribution in [3.8, 4) is 0 Å². The summed E-state index contributed by atoms with van der Waals surface area (Å²) >= 11 is 0. The van der Waals surface area contributed by atoms with Crippen LogP contribution in [0.1, 0.15) is 49.3 Å². The van der Waals surface area contributed by atoms with Gasteiger partial charge in [0.2, 0.25) is 5.91 Å². The minimum Gasteiger partial charge on any atom is -0.349 e. The summed E-state index contributed by atoms with van der Waals surface area (Å²) in [6, 6.07) is 21.6. The molecule has 2 aromatic carbocycles. The number of carbonyl (C=O) groups is 1. The van der Waals surface area contributed by atoms with E-state index in [1.165, 1.54) is 50.1 Å². The zero-order valence-electron chi connectivity index (χ0n) is 19.2. The van der Waals surface area contributed by atoms with E-state index in [1.807, 2.05) is 0 Å². The molecule has 2 aromatic rings. The van der Waals surface area contributed by atoms with E-state index >= 15 is 0 Å². The molecule has 0 spiro atoms. The number of hydrogen-bond donors (Lipinski definition) is 1. The summed E-state index contributed by atoms with van der Waals surface area (Å²) in [5.41, 5.74) is 2.67. The number of nitrogens with zero attached hydrogens (tertiary/aromatic N) is 2. The van der Waals surface area contributed by atoms with Gasteiger partial charge in [-0.2, -0.15) is 0 Å². The second kappa shape index (κ2) is 10.2. The highest BCUT2D eigenvalue weighted by Crippen LogP contribution is 2.33. The number of likely N-dealkylation sites (tertiary alicyclic amines) is 2. The van der Waals surface area contributed by atoms with Crippen LogP contribution < -0.4 is 5.32 Å². The first-order valence-electron chi connectivity index (χ1n) is 12.6. The Morgan fingerprint density at radius 3 is 2.09 bits per heavy atom. The topological polar surface area (TPSA) is 35.6 Å². The lowest BCUT2D eigenvalue weighted by Crippen LogP contribution is -2.36. The van der Waals surface area contributed by atoms with Gasteiger partial charge in [-0.25, -0.2) is 0 Å². The Balaban J connectivity index is 1.13. The van der Waals surface area contributed by atoms with Gasteiger partial charge in [0.15, 0.2) is 0 Å². The molecule has 1 saturated carbocycles. The van der Waals surface area contributed by atoms with Gasteiger partial charge in [0, 0.05) is 45.2 Å². The molecule has 3 atom stereocenters. The second-order valence-corrected chi connectivity index (χ2v) is 10.2. The zero-order chi connectivity index (χ0) is 21.8. The van der Waals surface area contributed by atoms with Crippen molar-refractivity contribution >= 4 is 5.91 Å². The van der Waals surface area contributed by atoms with E-state index in [1.54, 1.807) is 0 Å². The molecule has 1 aliphatic carbocycles. The van der Waals surface area contributed by atoms with Gasteiger partial charge in [-0.15, -0.1) is 0 Å². The molecule has 3 aliphatic rings. The third-order valence-corrected chi connectivity index (χ3v) is 7.86. The van der Waals surface area contributed by atoms with Crippen LogP contribution in [0.3, 0.4) is 0 Å². The van der Waals surface area contributed by atoms with Gasteiger partial charge in [-0.1, -0.05) is 73.5 Å². The van der Waals surface area contributed by atoms with E-state index in [9.17, 15) is 4.79 Å². The van der Waals surface area contributed by atoms with Crippen LogP contribution in [0.2, 0.25) is 0 Å². The summed E-state index contributed by atoms with van der Waals surface area (Å²) in [6.45, 7) is 6.99. The van der Waals surface area contributed by atoms with Gasteiger partial charge in [0.1, 0.15) is 0 Å². The van der Waals surface area contributed by atoms with Gasteiger partial charge in [0.25, 0.3) is 0 Å². The predicted octanol–water partition coefficient (Wildman–Crippen LogP) is 4.49. The largest absolute Gasteiger partial charge is 0.349 e. The molecule has 3 fully saturated rings. The van der Waals surface area contributed by atoms with E-state index in [2.05, 4.69) is 75.8 Å². The standard InChI is InChI=1S/C28H37N3O/c32-28(24-13-7-8-14-24)29-27(23-11-5-2-6-12-23)15-16-30-18-25-20-31(21-26(25)19-30)17-22-9-3-1-4-10-22/h1-6,9-12,24-27H,7-8,13-21H2,(H,29,32)/t25?,26?,27-/m1/s1. The summed E-state index contributed by atoms with van der Waals surface area (Å²) in [6.07, 6.45) is 5.51. The van der Waals surface area contributed by atoms with E-state index in [-0.39, 0.29) is 17.9 Å². The minimum absolute atomic E-state index is 0.124. The van der Waals surface area contributed by atoms with Crippen molar-refractivity contribution < 1.29 is 4.79 Å². The van der Waals surface area contributed by atoms with Gasteiger partial charge in [-0.05, 0) is 42.2 Å². The van der Waals surface area contributed by atoms with Crippen molar-refractivity contribution in [2.45, 2.75) is 44.7 Å². The molecular formula is C28H37N3O. The molecule has 4 heteroatoms. The third-order valence-electron chi connectivity index (χ3n) is 7.86. The number of amides is 1. The molecule has 0 bridgehead atoms. The van der Waals surface area contributed by atoms with Gasteiger partial charge >= 0.3 is 0 Å². The number of rotatable bonds is 8. The smallest absolute Gasteiger partial charge is 0.223 e. The Hall–Kier alpha value is -2.17. The van der Waals surface area contributed by atoms with E-state index in [0.717, 1.165) is 44.2 Å². The first kappa shape index (κ1) is 21.7. The highest BCUT2D eigenvalue weighted by Gasteiger charge is 2.39. The molecule has 0 aromatic heterocycles. The fourth-order valence-electron chi connectivity index (χ4n) is 6.14. The van der Waals surface area contributed by atoms with Crippen molar-refractivity contribution in [3.05, 3.63) is 71.8 Å². The summed E-state index contributed by atoms with van der Waals surface area (Å²) in [4.78, 5) is 18.1. The Labute approximate surface area is 193 Å². The molecule has 4 nitrogen and oxygen atoms in total. The molecule has 0 radical (unpaired) electrons. The Kier molecular flexibility index (Phi) is 6.89. The average molecular weight is 432 g/mol. The third kappa shape index (κ3) is 5.24. The maximum atomic E-state index is 12.8. The highest BCUT2D eigenvalue weighted by atomic mass is 16.1. The number of fused-ring (bicyclic) bond motifs is 1. The van der Waals surface area contributed by atoms with Crippen LogP contribution in [0.5, 0.6) is 0 Å². The number of hydrogen-bond acceptors (Lipinski definition) is 3. The van der Waals surface area contributed by atoms with E-state index in [4.69, 9.17) is 0 Å². The first-order valence-corrected chi connectivity index (χ1v) is 12.6. The number of nitrogens with one attached hydrogen (secondary N) is 1. The number of carbonyl (C=O) groups excluding carboxylic acids is 1. The van der Waals surface area contributed by atoms with E-state index in [0.29, 0.717) is 0 Å². The van der Waals surface area contributed by atoms with Crippen LogP contribution in [0, 0.1) is 17.8 Å². The summed E-state index contributed by atoms with van der Waals surface area (Å²) in [5, 5.41) is 3.41. The fourth-order valence-corrected chi connectivity index (χ4v) is 6.14. The first-order chi connectivity index (χ1) is 15.7. The quantitative estimate of drug-likeness (QED) is 0.669. The van der Waals surface area contributed by atoms with Crippen molar-refractivity contribution in [1.29, 1.82) is 0 Å². The predicted molar refractivity (Wildman–Crippen MR) is 129 cm³/mol. The van der Waals surface area contributed by atoms with Crippen molar-refractivity contribution in [2.75, 3.05) is 32.7 Å². The molecule has 5 rings (SSSR count). The Morgan fingerprint density at radius 2 is 1.44 bits per heavy atom. The van der Waals surface area contributed by atoms with Crippen molar-refractivity contribution in [2.24, 2.45) is 17.8 Å². The number of benzene rings is 2. The molecule has 2 heterocycles. The monoisotopic (exact) mass is 431 g/mol. The lowest BCUT2D eigenvalue weighted by atomic mass is 10.0. The highest BCUT2D eigenvalue weighted by molar-refractivity contribution is 5.79. The molecule has 2 unspecified atom stereocenters. The van der Waals surface area contributed by atoms with E-state index < -0.39 is 0 Å². The molecular weight excluding hydrogens is 394 g/mol. The van der Waals surface area contributed by atoms with Crippen LogP contribution in [-0.4, -0.2) is 48.4 Å². The maximum Gasteiger partial charge on any atom is 0.223 e. The maximum absolute atomic E-state index is 12.8. The van der Waals surface area contributed by atoms with Gasteiger partial charge in [0.05, 0.1) is 6.04 Å². The van der Waals surface area contributed by atoms with Crippen LogP contribution in [0.25, 0.3) is 0 Å². The summed E-state index contributed by atoms with van der Waals surface area (Å²) < 4.78 is 0. The summed E-state index contributed by atoms with van der Waals surface area (Å²) in [5.74, 6) is 2.08. The minimum atomic E-state index is 0.124. The van der Waals surface area contributed by atoms with Crippen LogP contribution >= 0.6 is 0 Å². The van der Waals surface area contributed by atoms with Gasteiger partial charge in [-0.3, -0.25) is 9.69 Å². The molecule has 1 amide bonds. The normalized spacial score (nSPS) is 25.1. The molecule has 1 N–H and O–H groups in total. The Morgan fingerprint density at radius 1 is 0.844 bits per heavy atom. The molecule has 32 heavy (non-hydrogen) atoms. The SMILES string of the molecule is O=C(N[C@H](CCN1CC2CN(Cc3ccccc3)CC2C1)c1ccccc1)C1CCCC1. The summed E-state index contributed by atoms with van der Waals surface area (Å²) in [7, 11) is 0. The van der Waals surface area contributed by atoms with Crippen LogP contribution in [0.4, 0.5) is 0 Å². The second-order valence-electron chi connectivity index (χ2n) is 10.2. The Bertz CT molecular complexity index is 851. The lowest BCUT2D eigenvalue weighted by Gasteiger charge is -2.25. The van der Waals surface area contributed by atoms with Crippen LogP contribution in [-0.2, 0) is 11.3 Å².